The van der Waals surface area contributed by atoms with E-state index in [1.807, 2.05) is 30.3 Å². The molecule has 21 heavy (non-hydrogen) atoms. The van der Waals surface area contributed by atoms with Gasteiger partial charge in [-0.1, -0.05) is 35.0 Å². The van der Waals surface area contributed by atoms with E-state index < -0.39 is 0 Å². The van der Waals surface area contributed by atoms with Crippen LogP contribution in [-0.2, 0) is 0 Å². The summed E-state index contributed by atoms with van der Waals surface area (Å²) in [6.45, 7) is 3.73. The Hall–Kier alpha value is -1.58. The summed E-state index contributed by atoms with van der Waals surface area (Å²) in [7, 11) is 0. The Morgan fingerprint density at radius 2 is 2.10 bits per heavy atom. The van der Waals surface area contributed by atoms with E-state index in [9.17, 15) is 0 Å². The van der Waals surface area contributed by atoms with Crippen LogP contribution in [0.1, 0.15) is 12.2 Å². The van der Waals surface area contributed by atoms with Gasteiger partial charge in [0.2, 0.25) is 0 Å². The minimum atomic E-state index is 0.669. The predicted molar refractivity (Wildman–Crippen MR) is 84.0 cm³/mol. The molecule has 3 nitrogen and oxygen atoms in total. The first kappa shape index (κ1) is 13.1. The number of benzene rings is 1. The first-order valence-corrected chi connectivity index (χ1v) is 7.79. The average molecular weight is 301 g/mol. The lowest BCUT2D eigenvalue weighted by molar-refractivity contribution is 0.334. The fourth-order valence-corrected chi connectivity index (χ4v) is 3.51. The van der Waals surface area contributed by atoms with E-state index in [0.29, 0.717) is 5.92 Å². The minimum Gasteiger partial charge on any atom is -0.356 e. The third kappa shape index (κ3) is 2.63. The summed E-state index contributed by atoms with van der Waals surface area (Å²) in [4.78, 5) is 2.54. The predicted octanol–water partition coefficient (Wildman–Crippen LogP) is 3.96. The van der Waals surface area contributed by atoms with Crippen LogP contribution in [0.5, 0.6) is 0 Å². The van der Waals surface area contributed by atoms with Crippen molar-refractivity contribution in [3.05, 3.63) is 47.2 Å². The van der Waals surface area contributed by atoms with E-state index >= 15 is 0 Å². The van der Waals surface area contributed by atoms with Gasteiger partial charge in [-0.3, -0.25) is 0 Å². The molecule has 4 heteroatoms. The van der Waals surface area contributed by atoms with Crippen molar-refractivity contribution in [2.24, 2.45) is 11.8 Å². The van der Waals surface area contributed by atoms with Gasteiger partial charge in [0.15, 0.2) is 5.76 Å². The monoisotopic (exact) mass is 300 g/mol. The van der Waals surface area contributed by atoms with Crippen molar-refractivity contribution in [1.29, 1.82) is 0 Å². The first-order chi connectivity index (χ1) is 10.3. The number of nitrogens with zero attached hydrogens (tertiary/aromatic N) is 2. The highest BCUT2D eigenvalue weighted by atomic mass is 35.5. The first-order valence-electron chi connectivity index (χ1n) is 7.41. The van der Waals surface area contributed by atoms with Gasteiger partial charge in [-0.05, 0) is 43.0 Å². The maximum atomic E-state index is 5.90. The van der Waals surface area contributed by atoms with E-state index in [2.05, 4.69) is 22.2 Å². The lowest BCUT2D eigenvalue weighted by Gasteiger charge is -2.18. The minimum absolute atomic E-state index is 0.669. The van der Waals surface area contributed by atoms with Crippen molar-refractivity contribution in [3.8, 4) is 11.3 Å². The molecule has 3 atom stereocenters. The molecule has 2 fully saturated rings. The maximum absolute atomic E-state index is 5.90. The molecule has 1 aromatic carbocycles. The zero-order valence-electron chi connectivity index (χ0n) is 11.7. The normalized spacial score (nSPS) is 27.8. The summed E-state index contributed by atoms with van der Waals surface area (Å²) in [5, 5.41) is 4.86. The van der Waals surface area contributed by atoms with Gasteiger partial charge in [0.05, 0.1) is 0 Å². The average Bonchev–Trinajstić information content (AvgIpc) is 3.22. The molecule has 2 aromatic rings. The maximum Gasteiger partial charge on any atom is 0.159 e. The number of piperidine rings is 1. The molecule has 1 aromatic heterocycles. The Balaban J connectivity index is 1.48. The standard InChI is InChI=1S/C17H17ClN2O/c18-15-4-1-12(2-5-15)17-9-16(21-19-17)6-3-13-10-20-8-7-14(13)11-20/h1-6,9,13-14H,7-8,10-11H2. The summed E-state index contributed by atoms with van der Waals surface area (Å²) >= 11 is 5.90. The molecule has 2 saturated heterocycles. The van der Waals surface area contributed by atoms with Crippen molar-refractivity contribution < 1.29 is 4.52 Å². The van der Waals surface area contributed by atoms with Gasteiger partial charge >= 0.3 is 0 Å². The summed E-state index contributed by atoms with van der Waals surface area (Å²) < 4.78 is 5.41. The zero-order chi connectivity index (χ0) is 14.2. The largest absolute Gasteiger partial charge is 0.356 e. The number of hydrogen-bond donors (Lipinski definition) is 0. The summed E-state index contributed by atoms with van der Waals surface area (Å²) in [6.07, 6.45) is 5.69. The molecule has 108 valence electrons. The van der Waals surface area contributed by atoms with Crippen LogP contribution >= 0.6 is 11.6 Å². The topological polar surface area (TPSA) is 29.3 Å². The van der Waals surface area contributed by atoms with Gasteiger partial charge < -0.3 is 9.42 Å². The van der Waals surface area contributed by atoms with Crippen LogP contribution in [0.4, 0.5) is 0 Å². The molecule has 0 N–H and O–H groups in total. The van der Waals surface area contributed by atoms with Gasteiger partial charge in [0.25, 0.3) is 0 Å². The van der Waals surface area contributed by atoms with Crippen molar-refractivity contribution in [2.75, 3.05) is 19.6 Å². The molecular formula is C17H17ClN2O. The molecule has 4 rings (SSSR count). The van der Waals surface area contributed by atoms with Gasteiger partial charge in [0.1, 0.15) is 5.69 Å². The molecular weight excluding hydrogens is 284 g/mol. The van der Waals surface area contributed by atoms with Crippen molar-refractivity contribution >= 4 is 17.7 Å². The quantitative estimate of drug-likeness (QED) is 0.859. The summed E-state index contributed by atoms with van der Waals surface area (Å²) in [5.74, 6) is 2.32. The van der Waals surface area contributed by atoms with E-state index in [4.69, 9.17) is 16.1 Å². The molecule has 0 spiro atoms. The molecule has 0 amide bonds. The lowest BCUT2D eigenvalue weighted by atomic mass is 9.92. The van der Waals surface area contributed by atoms with Crippen LogP contribution in [0, 0.1) is 11.8 Å². The van der Waals surface area contributed by atoms with Gasteiger partial charge in [0, 0.05) is 29.7 Å². The molecule has 2 aliphatic heterocycles. The Labute approximate surface area is 129 Å². The summed E-state index contributed by atoms with van der Waals surface area (Å²) in [5.41, 5.74) is 1.87. The highest BCUT2D eigenvalue weighted by molar-refractivity contribution is 6.30. The molecule has 2 aliphatic rings. The Morgan fingerprint density at radius 1 is 1.24 bits per heavy atom. The number of hydrogen-bond acceptors (Lipinski definition) is 3. The van der Waals surface area contributed by atoms with Crippen LogP contribution < -0.4 is 0 Å². The van der Waals surface area contributed by atoms with Gasteiger partial charge in [-0.25, -0.2) is 0 Å². The molecule has 0 radical (unpaired) electrons. The number of fused-ring (bicyclic) bond motifs is 2. The highest BCUT2D eigenvalue weighted by Crippen LogP contribution is 2.34. The third-order valence-electron chi connectivity index (χ3n) is 4.56. The van der Waals surface area contributed by atoms with Crippen LogP contribution in [0.25, 0.3) is 17.3 Å². The SMILES string of the molecule is Clc1ccc(-c2cc(C=CC3CN4CCC3C4)on2)cc1. The van der Waals surface area contributed by atoms with Crippen LogP contribution in [0.2, 0.25) is 5.02 Å². The Kier molecular flexibility index (Phi) is 3.32. The highest BCUT2D eigenvalue weighted by Gasteiger charge is 2.36. The number of rotatable bonds is 3. The molecule has 2 bridgehead atoms. The molecule has 3 heterocycles. The van der Waals surface area contributed by atoms with Gasteiger partial charge in [-0.15, -0.1) is 0 Å². The van der Waals surface area contributed by atoms with E-state index in [1.54, 1.807) is 0 Å². The lowest BCUT2D eigenvalue weighted by Crippen LogP contribution is -2.21. The van der Waals surface area contributed by atoms with Crippen molar-refractivity contribution in [3.63, 3.8) is 0 Å². The Morgan fingerprint density at radius 3 is 2.81 bits per heavy atom. The molecule has 0 aliphatic carbocycles. The fraction of sp³-hybridized carbons (Fsp3) is 0.353. The fourth-order valence-electron chi connectivity index (χ4n) is 3.39. The Bertz CT molecular complexity index is 662. The van der Waals surface area contributed by atoms with Crippen LogP contribution in [-0.4, -0.2) is 29.7 Å². The van der Waals surface area contributed by atoms with Gasteiger partial charge in [-0.2, -0.15) is 0 Å². The van der Waals surface area contributed by atoms with Crippen LogP contribution in [0.3, 0.4) is 0 Å². The van der Waals surface area contributed by atoms with Crippen LogP contribution in [0.15, 0.2) is 40.9 Å². The molecule has 3 unspecified atom stereocenters. The second-order valence-electron chi connectivity index (χ2n) is 5.95. The second-order valence-corrected chi connectivity index (χ2v) is 6.39. The third-order valence-corrected chi connectivity index (χ3v) is 4.81. The number of aromatic nitrogens is 1. The summed E-state index contributed by atoms with van der Waals surface area (Å²) in [6, 6.07) is 9.62. The van der Waals surface area contributed by atoms with E-state index in [0.717, 1.165) is 28.0 Å². The number of halogens is 1. The molecule has 0 saturated carbocycles. The second kappa shape index (κ2) is 5.32. The van der Waals surface area contributed by atoms with Crippen molar-refractivity contribution in [2.45, 2.75) is 6.42 Å². The van der Waals surface area contributed by atoms with Crippen molar-refractivity contribution in [1.82, 2.24) is 10.1 Å². The smallest absolute Gasteiger partial charge is 0.159 e. The van der Waals surface area contributed by atoms with E-state index in [1.165, 1.54) is 26.1 Å². The van der Waals surface area contributed by atoms with E-state index in [-0.39, 0.29) is 0 Å². The zero-order valence-corrected chi connectivity index (χ0v) is 12.5.